The molecule has 5 aromatic rings. The smallest absolute Gasteiger partial charge is 0.268 e. The second kappa shape index (κ2) is 11.0. The molecule has 0 unspecified atom stereocenters. The van der Waals surface area contributed by atoms with Crippen LogP contribution in [-0.2, 0) is 11.2 Å². The van der Waals surface area contributed by atoms with Crippen LogP contribution < -0.4 is 5.32 Å². The third kappa shape index (κ3) is 5.84. The highest BCUT2D eigenvalue weighted by atomic mass is 35.5. The minimum atomic E-state index is -0.527. The average molecular weight is 522 g/mol. The minimum absolute atomic E-state index is 0.0424. The standard InChI is InChI=1S/C29H20ClN5OS/c30-24-13-11-20(12-14-24)15-26-18-32-29(37-26)33-28(36)22(17-31)16-23-19-35(25-9-5-2-6-10-25)34-27(23)21-7-3-1-4-8-21/h1-14,16,18-19H,15H2,(H,32,33,36). The van der Waals surface area contributed by atoms with Crippen molar-refractivity contribution < 1.29 is 4.79 Å². The highest BCUT2D eigenvalue weighted by molar-refractivity contribution is 7.15. The average Bonchev–Trinajstić information content (AvgIpc) is 3.56. The highest BCUT2D eigenvalue weighted by Gasteiger charge is 2.16. The van der Waals surface area contributed by atoms with E-state index in [-0.39, 0.29) is 5.57 Å². The van der Waals surface area contributed by atoms with Gasteiger partial charge in [0.15, 0.2) is 5.13 Å². The Morgan fingerprint density at radius 3 is 2.43 bits per heavy atom. The van der Waals surface area contributed by atoms with Crippen molar-refractivity contribution in [1.82, 2.24) is 14.8 Å². The maximum Gasteiger partial charge on any atom is 0.268 e. The van der Waals surface area contributed by atoms with Crippen molar-refractivity contribution in [2.24, 2.45) is 0 Å². The summed E-state index contributed by atoms with van der Waals surface area (Å²) in [6, 6.07) is 29.0. The molecule has 0 aliphatic heterocycles. The fourth-order valence-corrected chi connectivity index (χ4v) is 4.71. The summed E-state index contributed by atoms with van der Waals surface area (Å²) in [6.45, 7) is 0. The number of para-hydroxylation sites is 1. The minimum Gasteiger partial charge on any atom is -0.297 e. The van der Waals surface area contributed by atoms with Gasteiger partial charge in [0.1, 0.15) is 11.6 Å². The second-order valence-corrected chi connectivity index (χ2v) is 9.69. The van der Waals surface area contributed by atoms with Gasteiger partial charge >= 0.3 is 0 Å². The normalized spacial score (nSPS) is 11.2. The molecular formula is C29H20ClN5OS. The number of halogens is 1. The number of nitrogens with one attached hydrogen (secondary N) is 1. The van der Waals surface area contributed by atoms with Gasteiger partial charge in [0, 0.05) is 39.8 Å². The Morgan fingerprint density at radius 1 is 1.03 bits per heavy atom. The molecule has 8 heteroatoms. The maximum atomic E-state index is 13.0. The number of amides is 1. The largest absolute Gasteiger partial charge is 0.297 e. The van der Waals surface area contributed by atoms with Gasteiger partial charge in [0.05, 0.1) is 11.4 Å². The number of benzene rings is 3. The number of nitrogens with zero attached hydrogens (tertiary/aromatic N) is 4. The Morgan fingerprint density at radius 2 is 1.73 bits per heavy atom. The summed E-state index contributed by atoms with van der Waals surface area (Å²) < 4.78 is 1.74. The van der Waals surface area contributed by atoms with Crippen molar-refractivity contribution in [3.63, 3.8) is 0 Å². The number of rotatable bonds is 7. The van der Waals surface area contributed by atoms with Crippen LogP contribution in [0.5, 0.6) is 0 Å². The van der Waals surface area contributed by atoms with Crippen molar-refractivity contribution in [3.8, 4) is 23.0 Å². The van der Waals surface area contributed by atoms with E-state index in [0.717, 1.165) is 21.7 Å². The predicted molar refractivity (Wildman–Crippen MR) is 148 cm³/mol. The van der Waals surface area contributed by atoms with Crippen LogP contribution in [-0.4, -0.2) is 20.7 Å². The van der Waals surface area contributed by atoms with E-state index in [9.17, 15) is 10.1 Å². The van der Waals surface area contributed by atoms with Crippen molar-refractivity contribution in [2.75, 3.05) is 5.32 Å². The van der Waals surface area contributed by atoms with Crippen LogP contribution in [0.4, 0.5) is 5.13 Å². The molecule has 2 aromatic heterocycles. The molecule has 0 aliphatic carbocycles. The molecule has 5 rings (SSSR count). The first-order valence-electron chi connectivity index (χ1n) is 11.4. The lowest BCUT2D eigenvalue weighted by atomic mass is 10.1. The Kier molecular flexibility index (Phi) is 7.22. The van der Waals surface area contributed by atoms with Gasteiger partial charge in [-0.1, -0.05) is 72.3 Å². The van der Waals surface area contributed by atoms with E-state index >= 15 is 0 Å². The number of hydrogen-bond acceptors (Lipinski definition) is 5. The van der Waals surface area contributed by atoms with Gasteiger partial charge in [-0.2, -0.15) is 10.4 Å². The van der Waals surface area contributed by atoms with E-state index in [4.69, 9.17) is 16.7 Å². The Bertz CT molecular complexity index is 1600. The fourth-order valence-electron chi connectivity index (χ4n) is 3.75. The monoisotopic (exact) mass is 521 g/mol. The highest BCUT2D eigenvalue weighted by Crippen LogP contribution is 2.27. The van der Waals surface area contributed by atoms with Gasteiger partial charge in [-0.3, -0.25) is 10.1 Å². The number of thiazole rings is 1. The fraction of sp³-hybridized carbons (Fsp3) is 0.0345. The molecule has 0 bridgehead atoms. The first-order chi connectivity index (χ1) is 18.1. The van der Waals surface area contributed by atoms with E-state index in [1.54, 1.807) is 17.0 Å². The van der Waals surface area contributed by atoms with Gasteiger partial charge in [-0.15, -0.1) is 11.3 Å². The van der Waals surface area contributed by atoms with E-state index < -0.39 is 5.91 Å². The zero-order valence-electron chi connectivity index (χ0n) is 19.5. The molecule has 0 saturated heterocycles. The predicted octanol–water partition coefficient (Wildman–Crippen LogP) is 6.79. The molecule has 37 heavy (non-hydrogen) atoms. The molecule has 180 valence electrons. The van der Waals surface area contributed by atoms with Gasteiger partial charge in [0.25, 0.3) is 5.91 Å². The van der Waals surface area contributed by atoms with Crippen molar-refractivity contribution in [2.45, 2.75) is 6.42 Å². The molecule has 0 fully saturated rings. The van der Waals surface area contributed by atoms with Crippen LogP contribution in [0.3, 0.4) is 0 Å². The van der Waals surface area contributed by atoms with Crippen LogP contribution >= 0.6 is 22.9 Å². The topological polar surface area (TPSA) is 83.6 Å². The van der Waals surface area contributed by atoms with Crippen molar-refractivity contribution in [3.05, 3.63) is 124 Å². The van der Waals surface area contributed by atoms with Crippen molar-refractivity contribution in [1.29, 1.82) is 5.26 Å². The lowest BCUT2D eigenvalue weighted by Crippen LogP contribution is -2.13. The number of carbonyl (C=O) groups excluding carboxylic acids is 1. The van der Waals surface area contributed by atoms with E-state index in [0.29, 0.717) is 27.8 Å². The van der Waals surface area contributed by atoms with Gasteiger partial charge in [-0.25, -0.2) is 9.67 Å². The summed E-state index contributed by atoms with van der Waals surface area (Å²) in [5, 5.41) is 18.4. The molecule has 0 aliphatic rings. The summed E-state index contributed by atoms with van der Waals surface area (Å²) in [5.41, 5.74) is 4.13. The molecule has 0 saturated carbocycles. The van der Waals surface area contributed by atoms with Gasteiger partial charge < -0.3 is 0 Å². The molecule has 0 atom stereocenters. The van der Waals surface area contributed by atoms with Gasteiger partial charge in [0.2, 0.25) is 0 Å². The van der Waals surface area contributed by atoms with Crippen LogP contribution in [0.2, 0.25) is 5.02 Å². The van der Waals surface area contributed by atoms with Crippen molar-refractivity contribution >= 4 is 40.1 Å². The molecule has 3 aromatic carbocycles. The summed E-state index contributed by atoms with van der Waals surface area (Å²) in [5.74, 6) is -0.527. The van der Waals surface area contributed by atoms with Crippen LogP contribution in [0.15, 0.2) is 103 Å². The summed E-state index contributed by atoms with van der Waals surface area (Å²) in [7, 11) is 0. The maximum absolute atomic E-state index is 13.0. The lowest BCUT2D eigenvalue weighted by molar-refractivity contribution is -0.112. The first kappa shape index (κ1) is 24.2. The van der Waals surface area contributed by atoms with Crippen LogP contribution in [0.1, 0.15) is 16.0 Å². The lowest BCUT2D eigenvalue weighted by Gasteiger charge is -2.01. The molecule has 0 spiro atoms. The quantitative estimate of drug-likeness (QED) is 0.189. The Hall–Kier alpha value is -4.51. The summed E-state index contributed by atoms with van der Waals surface area (Å²) >= 11 is 7.33. The molecule has 1 amide bonds. The second-order valence-electron chi connectivity index (χ2n) is 8.14. The number of aromatic nitrogens is 3. The summed E-state index contributed by atoms with van der Waals surface area (Å²) in [4.78, 5) is 18.3. The van der Waals surface area contributed by atoms with E-state index in [2.05, 4.69) is 10.3 Å². The Balaban J connectivity index is 1.40. The molecule has 1 N–H and O–H groups in total. The van der Waals surface area contributed by atoms with E-state index in [1.165, 1.54) is 11.3 Å². The number of anilines is 1. The Labute approximate surface area is 223 Å². The third-order valence-electron chi connectivity index (χ3n) is 5.54. The molecule has 2 heterocycles. The van der Waals surface area contributed by atoms with E-state index in [1.807, 2.05) is 97.2 Å². The molecule has 6 nitrogen and oxygen atoms in total. The molecule has 0 radical (unpaired) electrons. The SMILES string of the molecule is N#CC(=Cc1cn(-c2ccccc2)nc1-c1ccccc1)C(=O)Nc1ncc(Cc2ccc(Cl)cc2)s1. The number of hydrogen-bond donors (Lipinski definition) is 1. The number of nitriles is 1. The van der Waals surface area contributed by atoms with Crippen LogP contribution in [0.25, 0.3) is 23.0 Å². The molecular weight excluding hydrogens is 502 g/mol. The van der Waals surface area contributed by atoms with Gasteiger partial charge in [-0.05, 0) is 35.9 Å². The zero-order valence-corrected chi connectivity index (χ0v) is 21.1. The summed E-state index contributed by atoms with van der Waals surface area (Å²) in [6.07, 6.45) is 5.77. The third-order valence-corrected chi connectivity index (χ3v) is 6.71. The van der Waals surface area contributed by atoms with Crippen LogP contribution in [0, 0.1) is 11.3 Å². The first-order valence-corrected chi connectivity index (χ1v) is 12.6. The zero-order chi connectivity index (χ0) is 25.6. The number of carbonyl (C=O) groups is 1.